The first-order chi connectivity index (χ1) is 8.93. The molecule has 0 spiro atoms. The zero-order valence-electron chi connectivity index (χ0n) is 12.9. The molecule has 2 N–H and O–H groups in total. The van der Waals surface area contributed by atoms with Gasteiger partial charge in [-0.1, -0.05) is 37.6 Å². The van der Waals surface area contributed by atoms with Crippen molar-refractivity contribution in [1.29, 1.82) is 0 Å². The molecule has 0 aromatic rings. The predicted octanol–water partition coefficient (Wildman–Crippen LogP) is 3.86. The van der Waals surface area contributed by atoms with Crippen LogP contribution in [0, 0.1) is 11.3 Å². The highest BCUT2D eigenvalue weighted by atomic mass is 16.3. The second kappa shape index (κ2) is 9.11. The Kier molecular flexibility index (Phi) is 8.70. The van der Waals surface area contributed by atoms with Gasteiger partial charge in [0.05, 0.1) is 6.61 Å². The summed E-state index contributed by atoms with van der Waals surface area (Å²) in [4.78, 5) is 0. The summed E-state index contributed by atoms with van der Waals surface area (Å²) in [6.45, 7) is 12.6. The molecule has 19 heavy (non-hydrogen) atoms. The van der Waals surface area contributed by atoms with Crippen LogP contribution in [-0.2, 0) is 0 Å². The van der Waals surface area contributed by atoms with Gasteiger partial charge in [-0.05, 0) is 50.0 Å². The third-order valence-corrected chi connectivity index (χ3v) is 4.05. The average Bonchev–Trinajstić information content (AvgIpc) is 2.61. The highest BCUT2D eigenvalue weighted by molar-refractivity contribution is 5.19. The summed E-state index contributed by atoms with van der Waals surface area (Å²) >= 11 is 0. The molecule has 1 unspecified atom stereocenters. The van der Waals surface area contributed by atoms with Gasteiger partial charge in [0.25, 0.3) is 0 Å². The van der Waals surface area contributed by atoms with Crippen molar-refractivity contribution in [2.24, 2.45) is 11.3 Å². The minimum Gasteiger partial charge on any atom is -0.397 e. The van der Waals surface area contributed by atoms with E-state index in [1.165, 1.54) is 12.0 Å². The highest BCUT2D eigenvalue weighted by Crippen LogP contribution is 2.44. The third-order valence-electron chi connectivity index (χ3n) is 4.05. The van der Waals surface area contributed by atoms with Crippen molar-refractivity contribution >= 4 is 0 Å². The van der Waals surface area contributed by atoms with Crippen LogP contribution in [0.5, 0.6) is 0 Å². The Bertz CT molecular complexity index is 324. The number of allylic oxidation sites excluding steroid dienone is 4. The molecule has 2 nitrogen and oxygen atoms in total. The van der Waals surface area contributed by atoms with E-state index in [0.717, 1.165) is 18.4 Å². The van der Waals surface area contributed by atoms with Crippen molar-refractivity contribution in [2.45, 2.75) is 47.0 Å². The molecule has 2 heteroatoms. The zero-order valence-corrected chi connectivity index (χ0v) is 12.9. The molecule has 0 radical (unpaired) electrons. The molecule has 0 aliphatic heterocycles. The van der Waals surface area contributed by atoms with E-state index in [0.29, 0.717) is 11.3 Å². The summed E-state index contributed by atoms with van der Waals surface area (Å²) in [6.07, 6.45) is 9.43. The van der Waals surface area contributed by atoms with Gasteiger partial charge in [0.15, 0.2) is 0 Å². The summed E-state index contributed by atoms with van der Waals surface area (Å²) in [7, 11) is 0. The number of hydrogen-bond acceptors (Lipinski definition) is 2. The summed E-state index contributed by atoms with van der Waals surface area (Å²) < 4.78 is 0. The van der Waals surface area contributed by atoms with Gasteiger partial charge >= 0.3 is 0 Å². The van der Waals surface area contributed by atoms with Gasteiger partial charge in [-0.2, -0.15) is 0 Å². The van der Waals surface area contributed by atoms with Gasteiger partial charge in [0.2, 0.25) is 0 Å². The van der Waals surface area contributed by atoms with Crippen molar-refractivity contribution in [1.82, 2.24) is 0 Å². The van der Waals surface area contributed by atoms with Gasteiger partial charge in [0, 0.05) is 6.61 Å². The minimum atomic E-state index is 0.158. The van der Waals surface area contributed by atoms with E-state index in [4.69, 9.17) is 5.11 Å². The molecule has 0 bridgehead atoms. The summed E-state index contributed by atoms with van der Waals surface area (Å²) in [5.41, 5.74) is 2.90. The Balaban J connectivity index is 0.000000982. The number of aliphatic hydroxyl groups is 2. The molecule has 110 valence electrons. The summed E-state index contributed by atoms with van der Waals surface area (Å²) in [6, 6.07) is 0. The zero-order chi connectivity index (χ0) is 14.9. The van der Waals surface area contributed by atoms with Crippen LogP contribution >= 0.6 is 0 Å². The van der Waals surface area contributed by atoms with Crippen LogP contribution in [0.2, 0.25) is 0 Å². The maximum absolute atomic E-state index is 9.18. The molecule has 0 amide bonds. The SMILES string of the molecule is C=CC/C(=C\CC1CC=C(C)C1(C)C)CO.CCO. The van der Waals surface area contributed by atoms with Gasteiger partial charge in [-0.25, -0.2) is 0 Å². The highest BCUT2D eigenvalue weighted by Gasteiger charge is 2.33. The fraction of sp³-hybridized carbons (Fsp3) is 0.647. The monoisotopic (exact) mass is 266 g/mol. The largest absolute Gasteiger partial charge is 0.397 e. The van der Waals surface area contributed by atoms with Crippen molar-refractivity contribution in [3.05, 3.63) is 36.0 Å². The predicted molar refractivity (Wildman–Crippen MR) is 83.0 cm³/mol. The molecular weight excluding hydrogens is 236 g/mol. The normalized spacial score (nSPS) is 21.5. The lowest BCUT2D eigenvalue weighted by Crippen LogP contribution is -2.19. The summed E-state index contributed by atoms with van der Waals surface area (Å²) in [5, 5.41) is 16.8. The fourth-order valence-electron chi connectivity index (χ4n) is 2.30. The first kappa shape index (κ1) is 18.1. The van der Waals surface area contributed by atoms with Gasteiger partial charge in [0.1, 0.15) is 0 Å². The Morgan fingerprint density at radius 3 is 2.42 bits per heavy atom. The molecule has 0 aromatic carbocycles. The topological polar surface area (TPSA) is 40.5 Å². The quantitative estimate of drug-likeness (QED) is 0.742. The average molecular weight is 266 g/mol. The van der Waals surface area contributed by atoms with Crippen LogP contribution < -0.4 is 0 Å². The van der Waals surface area contributed by atoms with Crippen LogP contribution in [0.25, 0.3) is 0 Å². The van der Waals surface area contributed by atoms with E-state index < -0.39 is 0 Å². The van der Waals surface area contributed by atoms with Crippen LogP contribution in [0.3, 0.4) is 0 Å². The first-order valence-electron chi connectivity index (χ1n) is 7.11. The third kappa shape index (κ3) is 5.75. The summed E-state index contributed by atoms with van der Waals surface area (Å²) in [5.74, 6) is 0.680. The Labute approximate surface area is 118 Å². The lowest BCUT2D eigenvalue weighted by Gasteiger charge is -2.29. The lowest BCUT2D eigenvalue weighted by atomic mass is 9.76. The Hall–Kier alpha value is -0.860. The Morgan fingerprint density at radius 2 is 2.05 bits per heavy atom. The van der Waals surface area contributed by atoms with Gasteiger partial charge < -0.3 is 10.2 Å². The van der Waals surface area contributed by atoms with Crippen molar-refractivity contribution < 1.29 is 10.2 Å². The maximum atomic E-state index is 9.18. The minimum absolute atomic E-state index is 0.158. The van der Waals surface area contributed by atoms with E-state index in [-0.39, 0.29) is 13.2 Å². The molecule has 1 aliphatic rings. The number of hydrogen-bond donors (Lipinski definition) is 2. The van der Waals surface area contributed by atoms with E-state index in [9.17, 15) is 5.11 Å². The fourth-order valence-corrected chi connectivity index (χ4v) is 2.30. The van der Waals surface area contributed by atoms with Gasteiger partial charge in [-0.15, -0.1) is 6.58 Å². The molecule has 0 heterocycles. The lowest BCUT2D eigenvalue weighted by molar-refractivity contribution is 0.291. The number of aliphatic hydroxyl groups excluding tert-OH is 2. The smallest absolute Gasteiger partial charge is 0.0644 e. The first-order valence-corrected chi connectivity index (χ1v) is 7.11. The molecule has 1 atom stereocenters. The molecule has 1 aliphatic carbocycles. The Morgan fingerprint density at radius 1 is 1.47 bits per heavy atom. The molecule has 0 saturated heterocycles. The second-order valence-electron chi connectivity index (χ2n) is 5.61. The molecule has 0 saturated carbocycles. The molecule has 0 aromatic heterocycles. The standard InChI is InChI=1S/C15H24O.C2H6O/c1-5-6-13(11-16)8-10-14-9-7-12(2)15(14,3)4;1-2-3/h5,7-8,14,16H,1,6,9-11H2,2-4H3;3H,2H2,1H3/b13-8+;. The van der Waals surface area contributed by atoms with Crippen LogP contribution in [0.15, 0.2) is 36.0 Å². The van der Waals surface area contributed by atoms with Crippen LogP contribution in [0.1, 0.15) is 47.0 Å². The molecule has 1 rings (SSSR count). The van der Waals surface area contributed by atoms with Crippen molar-refractivity contribution in [3.63, 3.8) is 0 Å². The van der Waals surface area contributed by atoms with Crippen molar-refractivity contribution in [3.8, 4) is 0 Å². The number of rotatable bonds is 5. The maximum Gasteiger partial charge on any atom is 0.0644 e. The molecular formula is C17H30O2. The van der Waals surface area contributed by atoms with Crippen LogP contribution in [-0.4, -0.2) is 23.4 Å². The van der Waals surface area contributed by atoms with E-state index in [2.05, 4.69) is 39.5 Å². The molecule has 0 fully saturated rings. The van der Waals surface area contributed by atoms with E-state index in [1.54, 1.807) is 6.92 Å². The second-order valence-corrected chi connectivity index (χ2v) is 5.61. The van der Waals surface area contributed by atoms with Gasteiger partial charge in [-0.3, -0.25) is 0 Å². The van der Waals surface area contributed by atoms with Crippen LogP contribution in [0.4, 0.5) is 0 Å². The van der Waals surface area contributed by atoms with Crippen molar-refractivity contribution in [2.75, 3.05) is 13.2 Å². The van der Waals surface area contributed by atoms with E-state index in [1.807, 2.05) is 6.08 Å². The van der Waals surface area contributed by atoms with E-state index >= 15 is 0 Å².